The number of anilines is 1. The van der Waals surface area contributed by atoms with Crippen LogP contribution < -0.4 is 5.32 Å². The van der Waals surface area contributed by atoms with Gasteiger partial charge in [-0.15, -0.1) is 11.3 Å². The molecule has 116 valence electrons. The van der Waals surface area contributed by atoms with Crippen molar-refractivity contribution in [1.29, 1.82) is 0 Å². The van der Waals surface area contributed by atoms with Crippen molar-refractivity contribution in [3.8, 4) is 0 Å². The Labute approximate surface area is 136 Å². The maximum atomic E-state index is 12.1. The molecule has 0 fully saturated rings. The molecule has 0 aliphatic carbocycles. The Morgan fingerprint density at radius 2 is 1.70 bits per heavy atom. The summed E-state index contributed by atoms with van der Waals surface area (Å²) in [6.45, 7) is 0. The Hall–Kier alpha value is -2.78. The number of nitrogens with one attached hydrogen (secondary N) is 1. The molecule has 2 aromatic heterocycles. The minimum atomic E-state index is -1.09. The number of fused-ring (bicyclic) bond motifs is 1. The number of amides is 1. The molecule has 0 saturated heterocycles. The molecule has 3 N–H and O–H groups in total. The Morgan fingerprint density at radius 1 is 0.957 bits per heavy atom. The fourth-order valence-electron chi connectivity index (χ4n) is 1.84. The summed E-state index contributed by atoms with van der Waals surface area (Å²) in [4.78, 5) is 38.4. The molecule has 0 aliphatic heterocycles. The standard InChI is InChI=1S/C14H8N2O5S2/c17-11(8-3-4-9(22-8)13(20)21)16-14-15-7-2-1-6(12(18)19)5-10(7)23-14/h1-5H,(H,18,19)(H,20,21)(H,15,16,17). The largest absolute Gasteiger partial charge is 0.478 e. The van der Waals surface area contributed by atoms with Crippen molar-refractivity contribution in [3.63, 3.8) is 0 Å². The highest BCUT2D eigenvalue weighted by Crippen LogP contribution is 2.28. The van der Waals surface area contributed by atoms with E-state index in [4.69, 9.17) is 10.2 Å². The minimum Gasteiger partial charge on any atom is -0.478 e. The number of aromatic carboxylic acids is 2. The first kappa shape index (κ1) is 15.1. The van der Waals surface area contributed by atoms with Crippen LogP contribution in [0.5, 0.6) is 0 Å². The van der Waals surface area contributed by atoms with E-state index in [0.29, 0.717) is 15.3 Å². The highest BCUT2D eigenvalue weighted by atomic mass is 32.1. The van der Waals surface area contributed by atoms with Crippen LogP contribution in [0.1, 0.15) is 29.7 Å². The second kappa shape index (κ2) is 5.78. The highest BCUT2D eigenvalue weighted by molar-refractivity contribution is 7.22. The van der Waals surface area contributed by atoms with Gasteiger partial charge in [-0.3, -0.25) is 10.1 Å². The summed E-state index contributed by atoms with van der Waals surface area (Å²) < 4.78 is 0.637. The van der Waals surface area contributed by atoms with E-state index >= 15 is 0 Å². The lowest BCUT2D eigenvalue weighted by atomic mass is 10.2. The van der Waals surface area contributed by atoms with E-state index in [2.05, 4.69) is 10.3 Å². The van der Waals surface area contributed by atoms with Gasteiger partial charge >= 0.3 is 11.9 Å². The molecule has 1 amide bonds. The van der Waals surface area contributed by atoms with E-state index in [1.807, 2.05) is 0 Å². The van der Waals surface area contributed by atoms with Crippen LogP contribution in [-0.4, -0.2) is 33.0 Å². The Balaban J connectivity index is 1.84. The summed E-state index contributed by atoms with van der Waals surface area (Å²) in [5.74, 6) is -2.58. The number of carbonyl (C=O) groups is 3. The lowest BCUT2D eigenvalue weighted by Gasteiger charge is -1.97. The van der Waals surface area contributed by atoms with Crippen molar-refractivity contribution in [2.24, 2.45) is 0 Å². The number of benzene rings is 1. The van der Waals surface area contributed by atoms with Crippen LogP contribution in [0.4, 0.5) is 5.13 Å². The SMILES string of the molecule is O=C(O)c1ccc2nc(NC(=O)c3ccc(C(=O)O)s3)sc2c1. The molecule has 3 rings (SSSR count). The number of hydrogen-bond acceptors (Lipinski definition) is 6. The van der Waals surface area contributed by atoms with Gasteiger partial charge in [0.15, 0.2) is 5.13 Å². The van der Waals surface area contributed by atoms with Gasteiger partial charge in [0.25, 0.3) is 5.91 Å². The fourth-order valence-corrected chi connectivity index (χ4v) is 3.48. The average molecular weight is 348 g/mol. The molecular weight excluding hydrogens is 340 g/mol. The number of hydrogen-bond donors (Lipinski definition) is 3. The predicted molar refractivity (Wildman–Crippen MR) is 85.8 cm³/mol. The van der Waals surface area contributed by atoms with Crippen LogP contribution in [-0.2, 0) is 0 Å². The molecule has 7 nitrogen and oxygen atoms in total. The van der Waals surface area contributed by atoms with Crippen LogP contribution in [0.3, 0.4) is 0 Å². The quantitative estimate of drug-likeness (QED) is 0.667. The van der Waals surface area contributed by atoms with E-state index in [9.17, 15) is 14.4 Å². The smallest absolute Gasteiger partial charge is 0.345 e. The molecule has 0 bridgehead atoms. The topological polar surface area (TPSA) is 117 Å². The van der Waals surface area contributed by atoms with Crippen molar-refractivity contribution >= 4 is 55.9 Å². The summed E-state index contributed by atoms with van der Waals surface area (Å²) in [6.07, 6.45) is 0. The number of thiazole rings is 1. The predicted octanol–water partition coefficient (Wildman–Crippen LogP) is 3.01. The van der Waals surface area contributed by atoms with Crippen molar-refractivity contribution in [2.75, 3.05) is 5.32 Å². The first-order chi connectivity index (χ1) is 10.9. The van der Waals surface area contributed by atoms with Crippen molar-refractivity contribution < 1.29 is 24.6 Å². The first-order valence-corrected chi connectivity index (χ1v) is 7.86. The third kappa shape index (κ3) is 3.05. The lowest BCUT2D eigenvalue weighted by Crippen LogP contribution is -2.09. The zero-order valence-corrected chi connectivity index (χ0v) is 12.9. The van der Waals surface area contributed by atoms with Crippen LogP contribution in [0, 0.1) is 0 Å². The first-order valence-electron chi connectivity index (χ1n) is 6.22. The van der Waals surface area contributed by atoms with Crippen LogP contribution in [0.15, 0.2) is 30.3 Å². The van der Waals surface area contributed by atoms with Gasteiger partial charge in [-0.1, -0.05) is 11.3 Å². The van der Waals surface area contributed by atoms with E-state index in [-0.39, 0.29) is 15.3 Å². The van der Waals surface area contributed by atoms with E-state index < -0.39 is 17.8 Å². The molecule has 0 radical (unpaired) electrons. The number of carbonyl (C=O) groups excluding carboxylic acids is 1. The summed E-state index contributed by atoms with van der Waals surface area (Å²) in [6, 6.07) is 7.28. The molecule has 0 atom stereocenters. The number of nitrogens with zero attached hydrogens (tertiary/aromatic N) is 1. The lowest BCUT2D eigenvalue weighted by molar-refractivity contribution is 0.0688. The number of rotatable bonds is 4. The van der Waals surface area contributed by atoms with Gasteiger partial charge in [-0.05, 0) is 30.3 Å². The summed E-state index contributed by atoms with van der Waals surface area (Å²) in [7, 11) is 0. The van der Waals surface area contributed by atoms with Gasteiger partial charge in [0.05, 0.1) is 20.7 Å². The van der Waals surface area contributed by atoms with Gasteiger partial charge in [-0.25, -0.2) is 14.6 Å². The summed E-state index contributed by atoms with van der Waals surface area (Å²) in [5, 5.41) is 20.7. The van der Waals surface area contributed by atoms with Crippen LogP contribution >= 0.6 is 22.7 Å². The van der Waals surface area contributed by atoms with Crippen molar-refractivity contribution in [2.45, 2.75) is 0 Å². The monoisotopic (exact) mass is 348 g/mol. The maximum absolute atomic E-state index is 12.1. The van der Waals surface area contributed by atoms with E-state index in [1.54, 1.807) is 6.07 Å². The number of aromatic nitrogens is 1. The zero-order valence-electron chi connectivity index (χ0n) is 11.3. The second-order valence-electron chi connectivity index (χ2n) is 4.43. The molecule has 9 heteroatoms. The molecule has 2 heterocycles. The minimum absolute atomic E-state index is 0.0746. The molecule has 0 saturated carbocycles. The van der Waals surface area contributed by atoms with Gasteiger partial charge in [0.2, 0.25) is 0 Å². The summed E-state index contributed by atoms with van der Waals surface area (Å²) in [5.41, 5.74) is 0.719. The maximum Gasteiger partial charge on any atom is 0.345 e. The van der Waals surface area contributed by atoms with E-state index in [0.717, 1.165) is 22.7 Å². The summed E-state index contributed by atoms with van der Waals surface area (Å²) >= 11 is 2.02. The van der Waals surface area contributed by atoms with E-state index in [1.165, 1.54) is 24.3 Å². The zero-order chi connectivity index (χ0) is 16.6. The Morgan fingerprint density at radius 3 is 2.35 bits per heavy atom. The molecule has 0 unspecified atom stereocenters. The normalized spacial score (nSPS) is 10.6. The third-order valence-electron chi connectivity index (χ3n) is 2.90. The molecule has 23 heavy (non-hydrogen) atoms. The molecule has 1 aromatic carbocycles. The average Bonchev–Trinajstić information content (AvgIpc) is 3.12. The molecule has 0 spiro atoms. The van der Waals surface area contributed by atoms with Gasteiger partial charge in [0, 0.05) is 0 Å². The molecular formula is C14H8N2O5S2. The fraction of sp³-hybridized carbons (Fsp3) is 0. The number of thiophene rings is 1. The van der Waals surface area contributed by atoms with Gasteiger partial charge < -0.3 is 10.2 Å². The van der Waals surface area contributed by atoms with Crippen LogP contribution in [0.2, 0.25) is 0 Å². The van der Waals surface area contributed by atoms with Crippen molar-refractivity contribution in [3.05, 3.63) is 45.6 Å². The second-order valence-corrected chi connectivity index (χ2v) is 6.54. The number of carboxylic acid groups (broad SMARTS) is 2. The molecule has 0 aliphatic rings. The van der Waals surface area contributed by atoms with Crippen LogP contribution in [0.25, 0.3) is 10.2 Å². The number of carboxylic acids is 2. The third-order valence-corrected chi connectivity index (χ3v) is 4.90. The Kier molecular flexibility index (Phi) is 3.80. The highest BCUT2D eigenvalue weighted by Gasteiger charge is 2.15. The Bertz CT molecular complexity index is 944. The van der Waals surface area contributed by atoms with Gasteiger partial charge in [-0.2, -0.15) is 0 Å². The van der Waals surface area contributed by atoms with Gasteiger partial charge in [0.1, 0.15) is 4.88 Å². The van der Waals surface area contributed by atoms with Crippen molar-refractivity contribution in [1.82, 2.24) is 4.98 Å². The molecule has 3 aromatic rings.